The predicted octanol–water partition coefficient (Wildman–Crippen LogP) is 1.98. The van der Waals surface area contributed by atoms with Gasteiger partial charge in [0.15, 0.2) is 23.1 Å². The highest BCUT2D eigenvalue weighted by Gasteiger charge is 2.26. The SMILES string of the molecule is COc1c(F)cc2c(c1-c1cnn(C)c1N)OCCCO2. The van der Waals surface area contributed by atoms with Gasteiger partial charge in [0.1, 0.15) is 5.82 Å². The van der Waals surface area contributed by atoms with E-state index in [1.807, 2.05) is 0 Å². The smallest absolute Gasteiger partial charge is 0.173 e. The van der Waals surface area contributed by atoms with Crippen LogP contribution in [0.3, 0.4) is 0 Å². The van der Waals surface area contributed by atoms with Crippen molar-refractivity contribution < 1.29 is 18.6 Å². The van der Waals surface area contributed by atoms with Gasteiger partial charge in [-0.3, -0.25) is 4.68 Å². The average molecular weight is 293 g/mol. The first kappa shape index (κ1) is 13.5. The minimum atomic E-state index is -0.528. The van der Waals surface area contributed by atoms with E-state index in [4.69, 9.17) is 19.9 Å². The van der Waals surface area contributed by atoms with Gasteiger partial charge in [-0.15, -0.1) is 0 Å². The van der Waals surface area contributed by atoms with E-state index in [0.29, 0.717) is 41.7 Å². The molecular formula is C14H16FN3O3. The number of hydrogen-bond acceptors (Lipinski definition) is 5. The summed E-state index contributed by atoms with van der Waals surface area (Å²) in [4.78, 5) is 0. The Hall–Kier alpha value is -2.44. The highest BCUT2D eigenvalue weighted by molar-refractivity contribution is 5.85. The summed E-state index contributed by atoms with van der Waals surface area (Å²) < 4.78 is 32.2. The van der Waals surface area contributed by atoms with Gasteiger partial charge < -0.3 is 19.9 Å². The number of fused-ring (bicyclic) bond motifs is 1. The number of rotatable bonds is 2. The fourth-order valence-electron chi connectivity index (χ4n) is 2.34. The standard InChI is InChI=1S/C14H16FN3O3/c1-18-14(16)8(7-17-18)11-12(19-2)9(15)6-10-13(11)21-5-3-4-20-10/h6-7H,3-5,16H2,1-2H3. The molecule has 1 aromatic carbocycles. The van der Waals surface area contributed by atoms with Crippen molar-refractivity contribution in [2.24, 2.45) is 7.05 Å². The van der Waals surface area contributed by atoms with Crippen LogP contribution in [0.4, 0.5) is 10.2 Å². The second-order valence-electron chi connectivity index (χ2n) is 4.71. The molecule has 1 aliphatic rings. The number of anilines is 1. The molecule has 0 fully saturated rings. The summed E-state index contributed by atoms with van der Waals surface area (Å²) >= 11 is 0. The van der Waals surface area contributed by atoms with E-state index < -0.39 is 5.82 Å². The molecule has 0 bridgehead atoms. The molecular weight excluding hydrogens is 277 g/mol. The van der Waals surface area contributed by atoms with Gasteiger partial charge in [0.05, 0.1) is 37.6 Å². The van der Waals surface area contributed by atoms with Gasteiger partial charge in [-0.1, -0.05) is 0 Å². The lowest BCUT2D eigenvalue weighted by Gasteiger charge is -2.16. The summed E-state index contributed by atoms with van der Waals surface area (Å²) in [7, 11) is 3.11. The molecule has 0 atom stereocenters. The molecule has 112 valence electrons. The third-order valence-corrected chi connectivity index (χ3v) is 3.40. The largest absolute Gasteiger partial charge is 0.493 e. The number of nitrogens with zero attached hydrogens (tertiary/aromatic N) is 2. The molecule has 2 aromatic rings. The lowest BCUT2D eigenvalue weighted by molar-refractivity contribution is 0.297. The molecule has 1 aromatic heterocycles. The van der Waals surface area contributed by atoms with Gasteiger partial charge >= 0.3 is 0 Å². The molecule has 0 spiro atoms. The quantitative estimate of drug-likeness (QED) is 0.916. The van der Waals surface area contributed by atoms with Gasteiger partial charge in [0.2, 0.25) is 0 Å². The van der Waals surface area contributed by atoms with Crippen LogP contribution in [-0.4, -0.2) is 30.1 Å². The molecule has 0 saturated heterocycles. The van der Waals surface area contributed by atoms with Crippen LogP contribution in [0, 0.1) is 5.82 Å². The molecule has 1 aliphatic heterocycles. The minimum absolute atomic E-state index is 0.0685. The van der Waals surface area contributed by atoms with Crippen LogP contribution < -0.4 is 19.9 Å². The summed E-state index contributed by atoms with van der Waals surface area (Å²) in [6.07, 6.45) is 2.28. The van der Waals surface area contributed by atoms with Gasteiger partial charge in [0.25, 0.3) is 0 Å². The lowest BCUT2D eigenvalue weighted by Crippen LogP contribution is -2.02. The van der Waals surface area contributed by atoms with Crippen LogP contribution in [0.2, 0.25) is 0 Å². The number of nitrogen functional groups attached to an aromatic ring is 1. The van der Waals surface area contributed by atoms with Crippen LogP contribution >= 0.6 is 0 Å². The Bertz CT molecular complexity index is 685. The molecule has 2 heterocycles. The van der Waals surface area contributed by atoms with Gasteiger partial charge in [0, 0.05) is 19.5 Å². The Labute approximate surface area is 121 Å². The Morgan fingerprint density at radius 1 is 1.38 bits per heavy atom. The van der Waals surface area contributed by atoms with E-state index in [1.165, 1.54) is 17.9 Å². The van der Waals surface area contributed by atoms with Crippen LogP contribution in [0.15, 0.2) is 12.3 Å². The Morgan fingerprint density at radius 3 is 2.81 bits per heavy atom. The fraction of sp³-hybridized carbons (Fsp3) is 0.357. The summed E-state index contributed by atoms with van der Waals surface area (Å²) in [5.74, 6) is 0.724. The van der Waals surface area contributed by atoms with Crippen LogP contribution in [0.1, 0.15) is 6.42 Å². The van der Waals surface area contributed by atoms with Crippen LogP contribution in [0.5, 0.6) is 17.2 Å². The number of aromatic nitrogens is 2. The van der Waals surface area contributed by atoms with Gasteiger partial charge in [-0.25, -0.2) is 4.39 Å². The highest BCUT2D eigenvalue weighted by Crippen LogP contribution is 2.48. The van der Waals surface area contributed by atoms with Crippen molar-refractivity contribution in [3.05, 3.63) is 18.1 Å². The van der Waals surface area contributed by atoms with Crippen molar-refractivity contribution in [1.29, 1.82) is 0 Å². The number of aryl methyl sites for hydroxylation is 1. The molecule has 0 aliphatic carbocycles. The van der Waals surface area contributed by atoms with Crippen molar-refractivity contribution in [3.8, 4) is 28.4 Å². The molecule has 0 unspecified atom stereocenters. The zero-order chi connectivity index (χ0) is 15.0. The maximum Gasteiger partial charge on any atom is 0.173 e. The number of methoxy groups -OCH3 is 1. The molecule has 7 heteroatoms. The lowest BCUT2D eigenvalue weighted by atomic mass is 10.0. The first-order valence-corrected chi connectivity index (χ1v) is 6.57. The van der Waals surface area contributed by atoms with Crippen LogP contribution in [-0.2, 0) is 7.05 Å². The predicted molar refractivity (Wildman–Crippen MR) is 75.2 cm³/mol. The first-order valence-electron chi connectivity index (χ1n) is 6.57. The monoisotopic (exact) mass is 293 g/mol. The maximum atomic E-state index is 14.3. The average Bonchev–Trinajstić information content (AvgIpc) is 2.67. The minimum Gasteiger partial charge on any atom is -0.493 e. The summed E-state index contributed by atoms with van der Waals surface area (Å²) in [5, 5.41) is 4.09. The van der Waals surface area contributed by atoms with Crippen molar-refractivity contribution in [2.75, 3.05) is 26.1 Å². The normalized spacial score (nSPS) is 13.9. The maximum absolute atomic E-state index is 14.3. The van der Waals surface area contributed by atoms with E-state index in [2.05, 4.69) is 5.10 Å². The molecule has 21 heavy (non-hydrogen) atoms. The van der Waals surface area contributed by atoms with E-state index >= 15 is 0 Å². The zero-order valence-corrected chi connectivity index (χ0v) is 11.9. The Balaban J connectivity index is 2.30. The molecule has 6 nitrogen and oxygen atoms in total. The topological polar surface area (TPSA) is 71.5 Å². The summed E-state index contributed by atoms with van der Waals surface area (Å²) in [6.45, 7) is 0.954. The Morgan fingerprint density at radius 2 is 2.14 bits per heavy atom. The van der Waals surface area contributed by atoms with Gasteiger partial charge in [-0.05, 0) is 0 Å². The summed E-state index contributed by atoms with van der Waals surface area (Å²) in [6, 6.07) is 1.27. The van der Waals surface area contributed by atoms with E-state index in [1.54, 1.807) is 13.2 Å². The highest BCUT2D eigenvalue weighted by atomic mass is 19.1. The molecule has 0 amide bonds. The fourth-order valence-corrected chi connectivity index (χ4v) is 2.34. The number of hydrogen-bond donors (Lipinski definition) is 1. The number of benzene rings is 1. The van der Waals surface area contributed by atoms with Crippen molar-refractivity contribution in [3.63, 3.8) is 0 Å². The zero-order valence-electron chi connectivity index (χ0n) is 11.9. The van der Waals surface area contributed by atoms with Crippen molar-refractivity contribution >= 4 is 5.82 Å². The number of ether oxygens (including phenoxy) is 3. The van der Waals surface area contributed by atoms with E-state index in [9.17, 15) is 4.39 Å². The van der Waals surface area contributed by atoms with Gasteiger partial charge in [-0.2, -0.15) is 5.10 Å². The van der Waals surface area contributed by atoms with Crippen LogP contribution in [0.25, 0.3) is 11.1 Å². The van der Waals surface area contributed by atoms with E-state index in [0.717, 1.165) is 6.42 Å². The number of nitrogens with two attached hydrogens (primary N) is 1. The third kappa shape index (κ3) is 2.14. The van der Waals surface area contributed by atoms with Crippen molar-refractivity contribution in [1.82, 2.24) is 9.78 Å². The Kier molecular flexibility index (Phi) is 3.32. The molecule has 0 radical (unpaired) electrons. The second-order valence-corrected chi connectivity index (χ2v) is 4.71. The third-order valence-electron chi connectivity index (χ3n) is 3.40. The molecule has 3 rings (SSSR count). The first-order chi connectivity index (χ1) is 10.1. The summed E-state index contributed by atoms with van der Waals surface area (Å²) in [5.41, 5.74) is 6.99. The number of halogens is 1. The molecule has 2 N–H and O–H groups in total. The molecule has 0 saturated carbocycles. The second kappa shape index (κ2) is 5.16. The van der Waals surface area contributed by atoms with E-state index in [-0.39, 0.29) is 5.75 Å². The van der Waals surface area contributed by atoms with Crippen molar-refractivity contribution in [2.45, 2.75) is 6.42 Å².